The second-order valence-electron chi connectivity index (χ2n) is 8.10. The van der Waals surface area contributed by atoms with Gasteiger partial charge in [0.1, 0.15) is 18.1 Å². The molecule has 1 amide bonds. The second-order valence-corrected chi connectivity index (χ2v) is 8.10. The summed E-state index contributed by atoms with van der Waals surface area (Å²) in [4.78, 5) is 15.1. The Kier molecular flexibility index (Phi) is 6.67. The van der Waals surface area contributed by atoms with Gasteiger partial charge in [-0.3, -0.25) is 9.69 Å². The quantitative estimate of drug-likeness (QED) is 0.586. The van der Waals surface area contributed by atoms with Crippen molar-refractivity contribution in [2.24, 2.45) is 0 Å². The fraction of sp³-hybridized carbons (Fsp3) is 0.360. The van der Waals surface area contributed by atoms with Crippen molar-refractivity contribution >= 4 is 5.91 Å². The zero-order chi connectivity index (χ0) is 21.6. The summed E-state index contributed by atoms with van der Waals surface area (Å²) in [5.41, 5.74) is 4.73. The summed E-state index contributed by atoms with van der Waals surface area (Å²) >= 11 is 0. The largest absolute Gasteiger partial charge is 0.489 e. The number of nitrogens with zero attached hydrogens (tertiary/aromatic N) is 2. The Labute approximate surface area is 183 Å². The van der Waals surface area contributed by atoms with Gasteiger partial charge in [0, 0.05) is 18.7 Å². The number of aryl methyl sites for hydroxylation is 2. The average molecular weight is 420 g/mol. The van der Waals surface area contributed by atoms with E-state index in [0.717, 1.165) is 29.1 Å². The van der Waals surface area contributed by atoms with Crippen LogP contribution in [0.25, 0.3) is 0 Å². The van der Waals surface area contributed by atoms with Crippen LogP contribution in [0.1, 0.15) is 51.3 Å². The molecule has 31 heavy (non-hydrogen) atoms. The molecule has 0 aliphatic carbocycles. The highest BCUT2D eigenvalue weighted by Crippen LogP contribution is 2.19. The first-order chi connectivity index (χ1) is 15.1. The molecule has 4 rings (SSSR count). The third-order valence-corrected chi connectivity index (χ3v) is 5.74. The van der Waals surface area contributed by atoms with Crippen LogP contribution in [-0.2, 0) is 19.7 Å². The normalized spacial score (nSPS) is 14.0. The fourth-order valence-corrected chi connectivity index (χ4v) is 3.84. The van der Waals surface area contributed by atoms with Gasteiger partial charge in [0.2, 0.25) is 0 Å². The SMILES string of the molecule is Cc1noc(C)c1COc1cccc(C(=O)NCc2ccc(CN3CCCC3)cc2)c1. The highest BCUT2D eigenvalue weighted by atomic mass is 16.5. The Morgan fingerprint density at radius 1 is 1.10 bits per heavy atom. The minimum Gasteiger partial charge on any atom is -0.489 e. The van der Waals surface area contributed by atoms with E-state index in [0.29, 0.717) is 24.5 Å². The molecule has 1 fully saturated rings. The molecule has 6 nitrogen and oxygen atoms in total. The number of hydrogen-bond acceptors (Lipinski definition) is 5. The van der Waals surface area contributed by atoms with Crippen molar-refractivity contribution in [3.8, 4) is 5.75 Å². The van der Waals surface area contributed by atoms with Crippen molar-refractivity contribution in [1.82, 2.24) is 15.4 Å². The van der Waals surface area contributed by atoms with Gasteiger partial charge in [0.05, 0.1) is 11.3 Å². The van der Waals surface area contributed by atoms with Gasteiger partial charge >= 0.3 is 0 Å². The molecular weight excluding hydrogens is 390 g/mol. The number of amides is 1. The van der Waals surface area contributed by atoms with Crippen LogP contribution in [0.4, 0.5) is 0 Å². The number of likely N-dealkylation sites (tertiary alicyclic amines) is 1. The van der Waals surface area contributed by atoms with Gasteiger partial charge in [-0.15, -0.1) is 0 Å². The first-order valence-electron chi connectivity index (χ1n) is 10.8. The number of aromatic nitrogens is 1. The van der Waals surface area contributed by atoms with Crippen molar-refractivity contribution in [3.05, 3.63) is 82.2 Å². The van der Waals surface area contributed by atoms with Crippen molar-refractivity contribution in [2.75, 3.05) is 13.1 Å². The molecule has 1 N–H and O–H groups in total. The topological polar surface area (TPSA) is 67.6 Å². The van der Waals surface area contributed by atoms with Gasteiger partial charge in [-0.1, -0.05) is 35.5 Å². The molecule has 3 aromatic rings. The van der Waals surface area contributed by atoms with Crippen LogP contribution in [0, 0.1) is 13.8 Å². The molecule has 0 unspecified atom stereocenters. The van der Waals surface area contributed by atoms with Crippen LogP contribution in [0.15, 0.2) is 53.1 Å². The first-order valence-corrected chi connectivity index (χ1v) is 10.8. The molecule has 0 spiro atoms. The Morgan fingerprint density at radius 2 is 1.84 bits per heavy atom. The van der Waals surface area contributed by atoms with Crippen molar-refractivity contribution in [3.63, 3.8) is 0 Å². The van der Waals surface area contributed by atoms with E-state index in [9.17, 15) is 4.79 Å². The van der Waals surface area contributed by atoms with Gasteiger partial charge in [-0.05, 0) is 69.1 Å². The van der Waals surface area contributed by atoms with Crippen molar-refractivity contribution < 1.29 is 14.1 Å². The first kappa shape index (κ1) is 21.1. The fourth-order valence-electron chi connectivity index (χ4n) is 3.84. The second kappa shape index (κ2) is 9.79. The predicted molar refractivity (Wildman–Crippen MR) is 119 cm³/mol. The summed E-state index contributed by atoms with van der Waals surface area (Å²) in [5, 5.41) is 6.93. The van der Waals surface area contributed by atoms with Gasteiger partial charge < -0.3 is 14.6 Å². The number of benzene rings is 2. The van der Waals surface area contributed by atoms with E-state index < -0.39 is 0 Å². The molecule has 0 bridgehead atoms. The lowest BCUT2D eigenvalue weighted by molar-refractivity contribution is 0.0950. The van der Waals surface area contributed by atoms with Crippen molar-refractivity contribution in [1.29, 1.82) is 0 Å². The summed E-state index contributed by atoms with van der Waals surface area (Å²) < 4.78 is 11.0. The lowest BCUT2D eigenvalue weighted by Gasteiger charge is -2.14. The highest BCUT2D eigenvalue weighted by Gasteiger charge is 2.13. The number of nitrogens with one attached hydrogen (secondary N) is 1. The lowest BCUT2D eigenvalue weighted by Crippen LogP contribution is -2.23. The maximum Gasteiger partial charge on any atom is 0.251 e. The molecule has 2 heterocycles. The van der Waals surface area contributed by atoms with E-state index in [1.54, 1.807) is 12.1 Å². The summed E-state index contributed by atoms with van der Waals surface area (Å²) in [6.45, 7) is 7.99. The van der Waals surface area contributed by atoms with Gasteiger partial charge in [-0.25, -0.2) is 0 Å². The van der Waals surface area contributed by atoms with Crippen LogP contribution in [0.3, 0.4) is 0 Å². The van der Waals surface area contributed by atoms with Crippen LogP contribution in [0.2, 0.25) is 0 Å². The standard InChI is InChI=1S/C25H29N3O3/c1-18-24(19(2)31-27-18)17-30-23-7-5-6-22(14-23)25(29)26-15-20-8-10-21(11-9-20)16-28-12-3-4-13-28/h5-11,14H,3-4,12-13,15-17H2,1-2H3,(H,26,29). The van der Waals surface area contributed by atoms with Crippen LogP contribution in [0.5, 0.6) is 5.75 Å². The van der Waals surface area contributed by atoms with Crippen molar-refractivity contribution in [2.45, 2.75) is 46.4 Å². The third kappa shape index (κ3) is 5.52. The van der Waals surface area contributed by atoms with Gasteiger partial charge in [0.25, 0.3) is 5.91 Å². The number of hydrogen-bond donors (Lipinski definition) is 1. The number of rotatable bonds is 8. The minimum absolute atomic E-state index is 0.121. The summed E-state index contributed by atoms with van der Waals surface area (Å²) in [7, 11) is 0. The van der Waals surface area contributed by atoms with Gasteiger partial charge in [-0.2, -0.15) is 0 Å². The predicted octanol–water partition coefficient (Wildman–Crippen LogP) is 4.40. The maximum absolute atomic E-state index is 12.6. The van der Waals surface area contributed by atoms with Crippen LogP contribution in [-0.4, -0.2) is 29.1 Å². The van der Waals surface area contributed by atoms with E-state index in [1.165, 1.54) is 31.5 Å². The van der Waals surface area contributed by atoms with E-state index in [4.69, 9.17) is 9.26 Å². The average Bonchev–Trinajstić information content (AvgIpc) is 3.41. The van der Waals surface area contributed by atoms with Crippen LogP contribution < -0.4 is 10.1 Å². The van der Waals surface area contributed by atoms with Gasteiger partial charge in [0.15, 0.2) is 0 Å². The Bertz CT molecular complexity index is 1000. The van der Waals surface area contributed by atoms with E-state index >= 15 is 0 Å². The summed E-state index contributed by atoms with van der Waals surface area (Å²) in [6, 6.07) is 15.7. The smallest absolute Gasteiger partial charge is 0.251 e. The molecule has 162 valence electrons. The lowest BCUT2D eigenvalue weighted by atomic mass is 10.1. The molecule has 1 aliphatic rings. The molecular formula is C25H29N3O3. The summed E-state index contributed by atoms with van der Waals surface area (Å²) in [6.07, 6.45) is 2.60. The third-order valence-electron chi connectivity index (χ3n) is 5.74. The molecule has 0 atom stereocenters. The zero-order valence-electron chi connectivity index (χ0n) is 18.2. The summed E-state index contributed by atoms with van der Waals surface area (Å²) in [5.74, 6) is 1.26. The molecule has 0 saturated carbocycles. The van der Waals surface area contributed by atoms with Crippen LogP contribution >= 0.6 is 0 Å². The molecule has 0 radical (unpaired) electrons. The molecule has 6 heteroatoms. The molecule has 2 aromatic carbocycles. The molecule has 1 aromatic heterocycles. The van der Waals surface area contributed by atoms with E-state index in [-0.39, 0.29) is 5.91 Å². The number of carbonyl (C=O) groups is 1. The Balaban J connectivity index is 1.29. The zero-order valence-corrected chi connectivity index (χ0v) is 18.2. The monoisotopic (exact) mass is 419 g/mol. The van der Waals surface area contributed by atoms with E-state index in [2.05, 4.69) is 39.6 Å². The highest BCUT2D eigenvalue weighted by molar-refractivity contribution is 5.94. The number of ether oxygens (including phenoxy) is 1. The number of carbonyl (C=O) groups excluding carboxylic acids is 1. The molecule has 1 saturated heterocycles. The minimum atomic E-state index is -0.121. The van der Waals surface area contributed by atoms with E-state index in [1.807, 2.05) is 26.0 Å². The molecule has 1 aliphatic heterocycles. The Hall–Kier alpha value is -3.12. The Morgan fingerprint density at radius 3 is 2.55 bits per heavy atom. The maximum atomic E-state index is 12.6.